The molecule has 0 aromatic carbocycles. The second-order valence-electron chi connectivity index (χ2n) is 3.85. The third-order valence-electron chi connectivity index (χ3n) is 2.49. The van der Waals surface area contributed by atoms with Gasteiger partial charge in [-0.1, -0.05) is 0 Å². The molecule has 0 saturated carbocycles. The number of halogens is 1. The highest BCUT2D eigenvalue weighted by atomic mass is 79.9. The van der Waals surface area contributed by atoms with Crippen LogP contribution in [0.25, 0.3) is 0 Å². The normalized spacial score (nSPS) is 13.0. The first-order valence-electron chi connectivity index (χ1n) is 5.06. The monoisotopic (exact) mass is 299 g/mol. The van der Waals surface area contributed by atoms with E-state index >= 15 is 0 Å². The molecule has 0 spiro atoms. The first-order valence-corrected chi connectivity index (χ1v) is 6.67. The minimum atomic E-state index is 0.0473. The van der Waals surface area contributed by atoms with Gasteiger partial charge in [0.1, 0.15) is 0 Å². The summed E-state index contributed by atoms with van der Waals surface area (Å²) in [6.07, 6.45) is 0.824. The van der Waals surface area contributed by atoms with Crippen molar-refractivity contribution in [2.75, 3.05) is 0 Å². The molecule has 0 aliphatic heterocycles. The molecule has 1 atom stereocenters. The lowest BCUT2D eigenvalue weighted by Gasteiger charge is -2.09. The van der Waals surface area contributed by atoms with Crippen molar-refractivity contribution < 1.29 is 0 Å². The lowest BCUT2D eigenvalue weighted by atomic mass is 10.1. The maximum atomic E-state index is 6.17. The summed E-state index contributed by atoms with van der Waals surface area (Å²) in [5, 5.41) is 4.32. The van der Waals surface area contributed by atoms with Gasteiger partial charge in [0.05, 0.1) is 9.48 Å². The molecule has 5 heteroatoms. The zero-order chi connectivity index (χ0) is 11.7. The Bertz CT molecular complexity index is 489. The minimum absolute atomic E-state index is 0.0473. The standard InChI is InChI=1S/C11H14BrN3S/c1-7-5-8(15(2)14-7)6-9(13)10-3-4-11(12)16-10/h3-5,9H,6,13H2,1-2H3. The molecule has 0 fully saturated rings. The van der Waals surface area contributed by atoms with E-state index in [-0.39, 0.29) is 6.04 Å². The van der Waals surface area contributed by atoms with Gasteiger partial charge in [-0.25, -0.2) is 0 Å². The van der Waals surface area contributed by atoms with Crippen molar-refractivity contribution in [3.63, 3.8) is 0 Å². The number of hydrogen-bond donors (Lipinski definition) is 1. The lowest BCUT2D eigenvalue weighted by Crippen LogP contribution is -2.14. The number of rotatable bonds is 3. The molecule has 0 saturated heterocycles. The maximum absolute atomic E-state index is 6.17. The zero-order valence-electron chi connectivity index (χ0n) is 9.27. The van der Waals surface area contributed by atoms with Crippen LogP contribution in [0.5, 0.6) is 0 Å². The third kappa shape index (κ3) is 2.53. The van der Waals surface area contributed by atoms with Crippen LogP contribution in [0.2, 0.25) is 0 Å². The molecule has 2 rings (SSSR count). The predicted molar refractivity (Wildman–Crippen MR) is 70.6 cm³/mol. The average molecular weight is 300 g/mol. The van der Waals surface area contributed by atoms with Crippen LogP contribution in [0.15, 0.2) is 22.0 Å². The van der Waals surface area contributed by atoms with Gasteiger partial charge in [-0.05, 0) is 41.1 Å². The average Bonchev–Trinajstić information content (AvgIpc) is 2.74. The van der Waals surface area contributed by atoms with Crippen LogP contribution in [-0.2, 0) is 13.5 Å². The fourth-order valence-corrected chi connectivity index (χ4v) is 3.13. The van der Waals surface area contributed by atoms with E-state index in [0.717, 1.165) is 15.9 Å². The largest absolute Gasteiger partial charge is 0.323 e. The predicted octanol–water partition coefficient (Wildman–Crippen LogP) is 2.80. The van der Waals surface area contributed by atoms with Crippen LogP contribution in [0.4, 0.5) is 0 Å². The van der Waals surface area contributed by atoms with E-state index in [1.807, 2.05) is 24.7 Å². The molecule has 0 bridgehead atoms. The second kappa shape index (κ2) is 4.69. The van der Waals surface area contributed by atoms with E-state index in [2.05, 4.69) is 33.2 Å². The van der Waals surface area contributed by atoms with Crippen molar-refractivity contribution in [1.82, 2.24) is 9.78 Å². The third-order valence-corrected chi connectivity index (χ3v) is 4.24. The van der Waals surface area contributed by atoms with Gasteiger partial charge in [0.25, 0.3) is 0 Å². The smallest absolute Gasteiger partial charge is 0.0701 e. The van der Waals surface area contributed by atoms with Crippen molar-refractivity contribution in [3.8, 4) is 0 Å². The Balaban J connectivity index is 2.13. The highest BCUT2D eigenvalue weighted by Gasteiger charge is 2.12. The van der Waals surface area contributed by atoms with Crippen LogP contribution in [0, 0.1) is 6.92 Å². The molecule has 2 aromatic heterocycles. The van der Waals surface area contributed by atoms with Crippen molar-refractivity contribution in [2.45, 2.75) is 19.4 Å². The molecule has 2 aromatic rings. The molecular formula is C11H14BrN3S. The Labute approximate surface area is 107 Å². The van der Waals surface area contributed by atoms with Gasteiger partial charge in [-0.3, -0.25) is 4.68 Å². The number of aryl methyl sites for hydroxylation is 2. The molecule has 0 radical (unpaired) electrons. The molecule has 16 heavy (non-hydrogen) atoms. The van der Waals surface area contributed by atoms with Gasteiger partial charge in [0.2, 0.25) is 0 Å². The van der Waals surface area contributed by atoms with Crippen LogP contribution < -0.4 is 5.73 Å². The number of nitrogens with zero attached hydrogens (tertiary/aromatic N) is 2. The van der Waals surface area contributed by atoms with Gasteiger partial charge in [-0.15, -0.1) is 11.3 Å². The Morgan fingerprint density at radius 1 is 1.56 bits per heavy atom. The van der Waals surface area contributed by atoms with E-state index in [0.29, 0.717) is 0 Å². The molecule has 0 aliphatic rings. The molecule has 0 amide bonds. The van der Waals surface area contributed by atoms with Crippen LogP contribution in [0.1, 0.15) is 22.3 Å². The Morgan fingerprint density at radius 3 is 2.81 bits per heavy atom. The van der Waals surface area contributed by atoms with Gasteiger partial charge < -0.3 is 5.73 Å². The molecule has 2 heterocycles. The fourth-order valence-electron chi connectivity index (χ4n) is 1.71. The first kappa shape index (κ1) is 11.8. The van der Waals surface area contributed by atoms with E-state index < -0.39 is 0 Å². The van der Waals surface area contributed by atoms with Crippen molar-refractivity contribution in [3.05, 3.63) is 38.3 Å². The van der Waals surface area contributed by atoms with Crippen LogP contribution in [0.3, 0.4) is 0 Å². The maximum Gasteiger partial charge on any atom is 0.0701 e. The summed E-state index contributed by atoms with van der Waals surface area (Å²) in [5.41, 5.74) is 8.38. The fraction of sp³-hybridized carbons (Fsp3) is 0.364. The molecule has 1 unspecified atom stereocenters. The van der Waals surface area contributed by atoms with Crippen LogP contribution in [-0.4, -0.2) is 9.78 Å². The van der Waals surface area contributed by atoms with E-state index in [1.165, 1.54) is 10.6 Å². The van der Waals surface area contributed by atoms with E-state index in [9.17, 15) is 0 Å². The summed E-state index contributed by atoms with van der Waals surface area (Å²) in [6, 6.07) is 6.24. The summed E-state index contributed by atoms with van der Waals surface area (Å²) in [5.74, 6) is 0. The Hall–Kier alpha value is -0.650. The van der Waals surface area contributed by atoms with Crippen LogP contribution >= 0.6 is 27.3 Å². The van der Waals surface area contributed by atoms with E-state index in [4.69, 9.17) is 5.73 Å². The molecular weight excluding hydrogens is 286 g/mol. The second-order valence-corrected chi connectivity index (χ2v) is 6.35. The highest BCUT2D eigenvalue weighted by Crippen LogP contribution is 2.27. The van der Waals surface area contributed by atoms with Gasteiger partial charge in [0, 0.05) is 30.1 Å². The van der Waals surface area contributed by atoms with Crippen molar-refractivity contribution in [2.24, 2.45) is 12.8 Å². The first-order chi connectivity index (χ1) is 7.56. The summed E-state index contributed by atoms with van der Waals surface area (Å²) in [7, 11) is 1.96. The number of nitrogens with two attached hydrogens (primary N) is 1. The highest BCUT2D eigenvalue weighted by molar-refractivity contribution is 9.11. The Morgan fingerprint density at radius 2 is 2.31 bits per heavy atom. The van der Waals surface area contributed by atoms with E-state index in [1.54, 1.807) is 11.3 Å². The summed E-state index contributed by atoms with van der Waals surface area (Å²) in [4.78, 5) is 1.20. The van der Waals surface area contributed by atoms with Gasteiger partial charge in [0.15, 0.2) is 0 Å². The lowest BCUT2D eigenvalue weighted by molar-refractivity contribution is 0.646. The summed E-state index contributed by atoms with van der Waals surface area (Å²) < 4.78 is 3.02. The SMILES string of the molecule is Cc1cc(CC(N)c2ccc(Br)s2)n(C)n1. The molecule has 0 aliphatic carbocycles. The minimum Gasteiger partial charge on any atom is -0.323 e. The van der Waals surface area contributed by atoms with Gasteiger partial charge in [-0.2, -0.15) is 5.10 Å². The van der Waals surface area contributed by atoms with Crippen molar-refractivity contribution in [1.29, 1.82) is 0 Å². The number of aromatic nitrogens is 2. The molecule has 2 N–H and O–H groups in total. The zero-order valence-corrected chi connectivity index (χ0v) is 11.7. The van der Waals surface area contributed by atoms with Gasteiger partial charge >= 0.3 is 0 Å². The molecule has 86 valence electrons. The summed E-state index contributed by atoms with van der Waals surface area (Å²) >= 11 is 5.14. The number of hydrogen-bond acceptors (Lipinski definition) is 3. The summed E-state index contributed by atoms with van der Waals surface area (Å²) in [6.45, 7) is 2.00. The van der Waals surface area contributed by atoms with Crippen molar-refractivity contribution >= 4 is 27.3 Å². The number of thiophene rings is 1. The topological polar surface area (TPSA) is 43.8 Å². The molecule has 3 nitrogen and oxygen atoms in total. The Kier molecular flexibility index (Phi) is 3.47. The quantitative estimate of drug-likeness (QED) is 0.947.